The topological polar surface area (TPSA) is 73.6 Å². The minimum atomic E-state index is -0.108. The second kappa shape index (κ2) is 17.5. The van der Waals surface area contributed by atoms with Gasteiger partial charge in [-0.3, -0.25) is 0 Å². The number of nitrogens with zero attached hydrogens (tertiary/aromatic N) is 5. The van der Waals surface area contributed by atoms with Crippen molar-refractivity contribution in [1.82, 2.24) is 0 Å². The highest BCUT2D eigenvalue weighted by molar-refractivity contribution is 7.18. The Hall–Kier alpha value is -6.82. The number of hydrogen-bond donors (Lipinski definition) is 1. The monoisotopic (exact) mass is 781 g/mol. The fourth-order valence-corrected chi connectivity index (χ4v) is 9.16. The molecule has 0 radical (unpaired) electrons. The van der Waals surface area contributed by atoms with Crippen LogP contribution in [0.5, 0.6) is 0 Å². The van der Waals surface area contributed by atoms with E-state index in [4.69, 9.17) is 0 Å². The summed E-state index contributed by atoms with van der Waals surface area (Å²) in [6.45, 7) is 11.2. The number of rotatable bonds is 12. The maximum absolute atomic E-state index is 12.4. The van der Waals surface area contributed by atoms with Gasteiger partial charge in [-0.1, -0.05) is 91.0 Å². The van der Waals surface area contributed by atoms with Crippen molar-refractivity contribution in [1.29, 1.82) is 5.26 Å². The highest BCUT2D eigenvalue weighted by Crippen LogP contribution is 2.50. The van der Waals surface area contributed by atoms with E-state index in [1.54, 1.807) is 18.2 Å². The van der Waals surface area contributed by atoms with Gasteiger partial charge in [0, 0.05) is 70.3 Å². The largest absolute Gasteiger partial charge is 0.339 e. The van der Waals surface area contributed by atoms with Crippen LogP contribution in [-0.4, -0.2) is 39.0 Å². The Balaban J connectivity index is 1.49. The SMILES string of the molecule is CCN(c1ccccc1[N+](=O)O)c1sc(C(=C2C=CC(=[N+](c3ccccc3)C(C)C)C=C2)c2ccc(N(c3ccccc3)C(C)C)cc2)c(-c2ccccc2)c1C#N. The van der Waals surface area contributed by atoms with Crippen LogP contribution >= 0.6 is 11.3 Å². The van der Waals surface area contributed by atoms with Gasteiger partial charge in [-0.2, -0.15) is 9.84 Å². The second-order valence-corrected chi connectivity index (χ2v) is 15.5. The van der Waals surface area contributed by atoms with Gasteiger partial charge < -0.3 is 9.80 Å². The number of anilines is 4. The highest BCUT2D eigenvalue weighted by atomic mass is 32.1. The Morgan fingerprint density at radius 1 is 0.741 bits per heavy atom. The first-order valence-corrected chi connectivity index (χ1v) is 20.4. The molecule has 7 nitrogen and oxygen atoms in total. The maximum Gasteiger partial charge on any atom is 0.339 e. The van der Waals surface area contributed by atoms with Crippen LogP contribution in [0, 0.1) is 16.2 Å². The molecule has 0 spiro atoms. The Bertz CT molecular complexity index is 2560. The number of benzene rings is 5. The van der Waals surface area contributed by atoms with Crippen LogP contribution < -0.4 is 9.80 Å². The van der Waals surface area contributed by atoms with Crippen molar-refractivity contribution in [3.63, 3.8) is 0 Å². The molecule has 1 aliphatic rings. The van der Waals surface area contributed by atoms with Gasteiger partial charge in [0.1, 0.15) is 16.8 Å². The second-order valence-electron chi connectivity index (χ2n) is 14.5. The van der Waals surface area contributed by atoms with E-state index in [9.17, 15) is 15.4 Å². The normalized spacial score (nSPS) is 12.2. The van der Waals surface area contributed by atoms with Crippen LogP contribution in [0.3, 0.4) is 0 Å². The van der Waals surface area contributed by atoms with Gasteiger partial charge in [0.2, 0.25) is 11.4 Å². The van der Waals surface area contributed by atoms with E-state index in [1.807, 2.05) is 60.4 Å². The fourth-order valence-electron chi connectivity index (χ4n) is 7.72. The summed E-state index contributed by atoms with van der Waals surface area (Å²) in [5, 5.41) is 21.9. The third kappa shape index (κ3) is 7.90. The first-order chi connectivity index (χ1) is 28.2. The average Bonchev–Trinajstić information content (AvgIpc) is 3.62. The van der Waals surface area contributed by atoms with Gasteiger partial charge in [-0.15, -0.1) is 11.3 Å². The Kier molecular flexibility index (Phi) is 11.9. The third-order valence-electron chi connectivity index (χ3n) is 10.2. The lowest BCUT2D eigenvalue weighted by Crippen LogP contribution is -2.25. The first-order valence-electron chi connectivity index (χ1n) is 19.6. The summed E-state index contributed by atoms with van der Waals surface area (Å²) < 4.78 is 2.33. The van der Waals surface area contributed by atoms with Gasteiger partial charge in [0.25, 0.3) is 4.92 Å². The van der Waals surface area contributed by atoms with Crippen LogP contribution in [0.1, 0.15) is 50.6 Å². The molecule has 6 aromatic rings. The summed E-state index contributed by atoms with van der Waals surface area (Å²) >= 11 is 1.52. The Labute approximate surface area is 345 Å². The van der Waals surface area contributed by atoms with E-state index < -0.39 is 0 Å². The Morgan fingerprint density at radius 2 is 1.31 bits per heavy atom. The molecule has 0 unspecified atom stereocenters. The first kappa shape index (κ1) is 39.4. The van der Waals surface area contributed by atoms with E-state index in [-0.39, 0.29) is 22.7 Å². The quantitative estimate of drug-likeness (QED) is 0.0989. The number of hydrogen-bond acceptors (Lipinski definition) is 5. The van der Waals surface area contributed by atoms with Crippen LogP contribution in [0.25, 0.3) is 16.7 Å². The molecule has 1 N–H and O–H groups in total. The third-order valence-corrected chi connectivity index (χ3v) is 11.4. The van der Waals surface area contributed by atoms with Gasteiger partial charge in [0.15, 0.2) is 6.04 Å². The highest BCUT2D eigenvalue weighted by Gasteiger charge is 2.31. The lowest BCUT2D eigenvalue weighted by atomic mass is 9.90. The predicted octanol–water partition coefficient (Wildman–Crippen LogP) is 12.9. The molecule has 5 aromatic carbocycles. The molecule has 1 heterocycles. The number of para-hydroxylation sites is 4. The molecule has 0 saturated heterocycles. The van der Waals surface area contributed by atoms with Gasteiger partial charge >= 0.3 is 5.69 Å². The predicted molar refractivity (Wildman–Crippen MR) is 240 cm³/mol. The van der Waals surface area contributed by atoms with Crippen LogP contribution in [-0.2, 0) is 0 Å². The Morgan fingerprint density at radius 3 is 1.88 bits per heavy atom. The fraction of sp³-hybridized carbons (Fsp3) is 0.160. The molecule has 0 atom stereocenters. The van der Waals surface area contributed by atoms with E-state index in [1.165, 1.54) is 11.3 Å². The molecule has 0 amide bonds. The van der Waals surface area contributed by atoms with E-state index >= 15 is 0 Å². The minimum Gasteiger partial charge on any atom is -0.339 e. The maximum atomic E-state index is 12.4. The molecular weight excluding hydrogens is 735 g/mol. The molecule has 58 heavy (non-hydrogen) atoms. The smallest absolute Gasteiger partial charge is 0.339 e. The molecule has 288 valence electrons. The van der Waals surface area contributed by atoms with Crippen molar-refractivity contribution < 1.29 is 14.7 Å². The van der Waals surface area contributed by atoms with Crippen molar-refractivity contribution in [2.24, 2.45) is 0 Å². The summed E-state index contributed by atoms with van der Waals surface area (Å²) in [5.41, 5.74) is 10.2. The minimum absolute atomic E-state index is 0.0982. The molecule has 1 aromatic heterocycles. The zero-order valence-electron chi connectivity index (χ0n) is 33.5. The van der Waals surface area contributed by atoms with Crippen LogP contribution in [0.15, 0.2) is 169 Å². The lowest BCUT2D eigenvalue weighted by Gasteiger charge is -2.29. The molecule has 0 saturated carbocycles. The van der Waals surface area contributed by atoms with Crippen molar-refractivity contribution >= 4 is 56.1 Å². The summed E-state index contributed by atoms with van der Waals surface area (Å²) in [6.07, 6.45) is 8.70. The zero-order valence-corrected chi connectivity index (χ0v) is 34.3. The molecular formula is C50H47N5O2S+2. The molecule has 7 rings (SSSR count). The molecule has 0 aliphatic heterocycles. The van der Waals surface area contributed by atoms with Crippen LogP contribution in [0.2, 0.25) is 0 Å². The van der Waals surface area contributed by atoms with Gasteiger partial charge in [0.05, 0.1) is 10.5 Å². The number of thiophene rings is 1. The van der Waals surface area contributed by atoms with E-state index in [2.05, 4.69) is 140 Å². The van der Waals surface area contributed by atoms with Crippen LogP contribution in [0.4, 0.5) is 33.4 Å². The molecule has 0 bridgehead atoms. The van der Waals surface area contributed by atoms with Gasteiger partial charge in [-0.25, -0.2) is 5.21 Å². The number of allylic oxidation sites excluding steroid dienone is 5. The molecule has 1 aliphatic carbocycles. The lowest BCUT2D eigenvalue weighted by molar-refractivity contribution is -0.729. The molecule has 0 fully saturated rings. The summed E-state index contributed by atoms with van der Waals surface area (Å²) in [7, 11) is 0. The molecule has 8 heteroatoms. The average molecular weight is 782 g/mol. The van der Waals surface area contributed by atoms with E-state index in [0.717, 1.165) is 55.5 Å². The summed E-state index contributed by atoms with van der Waals surface area (Å²) in [5.74, 6) is 0. The van der Waals surface area contributed by atoms with Gasteiger partial charge in [-0.05, 0) is 93.8 Å². The van der Waals surface area contributed by atoms with E-state index in [0.29, 0.717) is 22.8 Å². The van der Waals surface area contributed by atoms with Crippen molar-refractivity contribution in [3.05, 3.63) is 190 Å². The summed E-state index contributed by atoms with van der Waals surface area (Å²) in [6, 6.07) is 49.5. The van der Waals surface area contributed by atoms with Crippen molar-refractivity contribution in [2.75, 3.05) is 16.3 Å². The summed E-state index contributed by atoms with van der Waals surface area (Å²) in [4.78, 5) is 17.5. The standard InChI is InChI=1S/C50H47N5O2S/c1-6-52(45-24-16-17-25-46(45)55(56)57)50-44(34-51)48(37-18-10-7-11-19-37)49(58-50)47(38-26-30-42(31-27-38)53(35(2)3)40-20-12-8-13-21-40)39-28-32-43(33-29-39)54(36(4)5)41-22-14-9-15-23-41/h7-33,35-36H,6H2,1-5H3,(H,56,57)/q+2. The van der Waals surface area contributed by atoms with Crippen molar-refractivity contribution in [2.45, 2.75) is 46.7 Å². The zero-order chi connectivity index (χ0) is 40.8. The number of nitriles is 1. The van der Waals surface area contributed by atoms with Crippen molar-refractivity contribution in [3.8, 4) is 17.2 Å².